The summed E-state index contributed by atoms with van der Waals surface area (Å²) in [5, 5.41) is -0.123. The lowest BCUT2D eigenvalue weighted by Crippen LogP contribution is -2.45. The van der Waals surface area contributed by atoms with Crippen LogP contribution in [0.2, 0.25) is 0 Å². The van der Waals surface area contributed by atoms with E-state index < -0.39 is 10.0 Å². The zero-order valence-electron chi connectivity index (χ0n) is 13.4. The van der Waals surface area contributed by atoms with E-state index in [0.717, 1.165) is 69.6 Å². The smallest absolute Gasteiger partial charge is 0.217 e. The van der Waals surface area contributed by atoms with Gasteiger partial charge in [-0.15, -0.1) is 0 Å². The van der Waals surface area contributed by atoms with E-state index >= 15 is 0 Å². The van der Waals surface area contributed by atoms with Crippen LogP contribution < -0.4 is 0 Å². The monoisotopic (exact) mass is 324 g/mol. The summed E-state index contributed by atoms with van der Waals surface area (Å²) in [6.07, 6.45) is 11.3. The first-order chi connectivity index (χ1) is 10.6. The maximum Gasteiger partial charge on any atom is 0.217 e. The Balaban J connectivity index is 1.30. The van der Waals surface area contributed by atoms with Gasteiger partial charge in [0.05, 0.1) is 5.25 Å². The number of likely N-dealkylation sites (tertiary alicyclic amines) is 1. The molecule has 4 aliphatic rings. The Morgan fingerprint density at radius 3 is 2.27 bits per heavy atom. The lowest BCUT2D eigenvalue weighted by Gasteiger charge is -2.35. The van der Waals surface area contributed by atoms with Gasteiger partial charge in [-0.05, 0) is 69.4 Å². The van der Waals surface area contributed by atoms with E-state index in [0.29, 0.717) is 0 Å². The van der Waals surface area contributed by atoms with Gasteiger partial charge in [0.25, 0.3) is 0 Å². The molecule has 3 atom stereocenters. The van der Waals surface area contributed by atoms with Gasteiger partial charge < -0.3 is 4.90 Å². The Bertz CT molecular complexity index is 531. The average Bonchev–Trinajstić information content (AvgIpc) is 3.25. The molecular formula is C17H28N2O2S. The van der Waals surface area contributed by atoms with Gasteiger partial charge in [-0.2, -0.15) is 0 Å². The fourth-order valence-electron chi connectivity index (χ4n) is 4.98. The second-order valence-electron chi connectivity index (χ2n) is 7.69. The number of piperidine rings is 1. The summed E-state index contributed by atoms with van der Waals surface area (Å²) in [6, 6.07) is 0. The lowest BCUT2D eigenvalue weighted by atomic mass is 9.92. The van der Waals surface area contributed by atoms with Gasteiger partial charge in [0.2, 0.25) is 10.0 Å². The molecule has 1 saturated carbocycles. The van der Waals surface area contributed by atoms with Crippen molar-refractivity contribution in [3.05, 3.63) is 12.2 Å². The maximum absolute atomic E-state index is 12.6. The van der Waals surface area contributed by atoms with Gasteiger partial charge in [0, 0.05) is 19.6 Å². The summed E-state index contributed by atoms with van der Waals surface area (Å²) in [5.74, 6) is 2.46. The van der Waals surface area contributed by atoms with Crippen molar-refractivity contribution >= 4 is 10.0 Å². The molecular weight excluding hydrogens is 296 g/mol. The van der Waals surface area contributed by atoms with Gasteiger partial charge in [-0.25, -0.2) is 12.7 Å². The van der Waals surface area contributed by atoms with Gasteiger partial charge in [0.1, 0.15) is 0 Å². The standard InChI is InChI=1S/C17H28N2O2S/c20-22(21,19-7-1-2-8-19)17-5-9-18(10-6-17)13-16-12-14-3-4-15(16)11-14/h3-4,14-17H,1-2,5-13H2/t14-,15-,16-/m0/s1. The Hall–Kier alpha value is -0.390. The van der Waals surface area contributed by atoms with Crippen molar-refractivity contribution in [1.82, 2.24) is 9.21 Å². The summed E-state index contributed by atoms with van der Waals surface area (Å²) < 4.78 is 27.0. The molecule has 2 heterocycles. The number of rotatable bonds is 4. The number of hydrogen-bond donors (Lipinski definition) is 0. The maximum atomic E-state index is 12.6. The predicted octanol–water partition coefficient (Wildman–Crippen LogP) is 2.09. The molecule has 0 spiro atoms. The molecule has 0 N–H and O–H groups in total. The lowest BCUT2D eigenvalue weighted by molar-refractivity contribution is 0.183. The third-order valence-electron chi connectivity index (χ3n) is 6.29. The van der Waals surface area contributed by atoms with Crippen molar-refractivity contribution in [2.75, 3.05) is 32.7 Å². The Labute approximate surface area is 134 Å². The normalized spacial score (nSPS) is 37.4. The molecule has 0 aromatic carbocycles. The van der Waals surface area contributed by atoms with Crippen molar-refractivity contribution in [2.45, 2.75) is 43.8 Å². The van der Waals surface area contributed by atoms with Crippen molar-refractivity contribution < 1.29 is 8.42 Å². The molecule has 0 unspecified atom stereocenters. The van der Waals surface area contributed by atoms with Crippen LogP contribution in [0.15, 0.2) is 12.2 Å². The molecule has 0 aromatic rings. The van der Waals surface area contributed by atoms with Crippen LogP contribution in [0.5, 0.6) is 0 Å². The van der Waals surface area contributed by atoms with Crippen molar-refractivity contribution in [2.24, 2.45) is 17.8 Å². The highest BCUT2D eigenvalue weighted by molar-refractivity contribution is 7.89. The van der Waals surface area contributed by atoms with E-state index in [4.69, 9.17) is 0 Å². The molecule has 2 aliphatic heterocycles. The zero-order chi connectivity index (χ0) is 15.2. The highest BCUT2D eigenvalue weighted by Gasteiger charge is 2.39. The van der Waals surface area contributed by atoms with E-state index in [1.54, 1.807) is 4.31 Å². The minimum atomic E-state index is -3.03. The van der Waals surface area contributed by atoms with Crippen LogP contribution in [-0.4, -0.2) is 55.6 Å². The molecule has 4 rings (SSSR count). The number of fused-ring (bicyclic) bond motifs is 2. The SMILES string of the molecule is O=S(=O)(C1CCN(C[C@@H]2C[C@H]3C=C[C@H]2C3)CC1)N1CCCC1. The van der Waals surface area contributed by atoms with Crippen LogP contribution in [0, 0.1) is 17.8 Å². The molecule has 22 heavy (non-hydrogen) atoms. The fourth-order valence-corrected chi connectivity index (χ4v) is 6.97. The molecule has 2 saturated heterocycles. The molecule has 0 amide bonds. The molecule has 124 valence electrons. The number of sulfonamides is 1. The van der Waals surface area contributed by atoms with Crippen LogP contribution >= 0.6 is 0 Å². The second-order valence-corrected chi connectivity index (χ2v) is 9.90. The number of hydrogen-bond acceptors (Lipinski definition) is 3. The van der Waals surface area contributed by atoms with Crippen LogP contribution in [0.4, 0.5) is 0 Å². The summed E-state index contributed by atoms with van der Waals surface area (Å²) in [7, 11) is -3.03. The van der Waals surface area contributed by atoms with E-state index in [-0.39, 0.29) is 5.25 Å². The minimum Gasteiger partial charge on any atom is -0.303 e. The van der Waals surface area contributed by atoms with Crippen LogP contribution in [-0.2, 0) is 10.0 Å². The van der Waals surface area contributed by atoms with Gasteiger partial charge in [0.15, 0.2) is 0 Å². The van der Waals surface area contributed by atoms with E-state index in [9.17, 15) is 8.42 Å². The van der Waals surface area contributed by atoms with Crippen LogP contribution in [0.3, 0.4) is 0 Å². The number of nitrogens with zero attached hydrogens (tertiary/aromatic N) is 2. The van der Waals surface area contributed by atoms with Gasteiger partial charge in [-0.3, -0.25) is 0 Å². The van der Waals surface area contributed by atoms with E-state index in [2.05, 4.69) is 17.1 Å². The Kier molecular flexibility index (Phi) is 4.07. The largest absolute Gasteiger partial charge is 0.303 e. The molecule has 0 radical (unpaired) electrons. The van der Waals surface area contributed by atoms with Crippen molar-refractivity contribution in [1.29, 1.82) is 0 Å². The molecule has 4 nitrogen and oxygen atoms in total. The topological polar surface area (TPSA) is 40.6 Å². The highest BCUT2D eigenvalue weighted by Crippen LogP contribution is 2.43. The summed E-state index contributed by atoms with van der Waals surface area (Å²) in [4.78, 5) is 2.52. The summed E-state index contributed by atoms with van der Waals surface area (Å²) in [5.41, 5.74) is 0. The third-order valence-corrected chi connectivity index (χ3v) is 8.69. The molecule has 0 aromatic heterocycles. The first-order valence-electron chi connectivity index (χ1n) is 9.02. The van der Waals surface area contributed by atoms with Gasteiger partial charge >= 0.3 is 0 Å². The van der Waals surface area contributed by atoms with Crippen molar-refractivity contribution in [3.63, 3.8) is 0 Å². The predicted molar refractivity (Wildman–Crippen MR) is 88.0 cm³/mol. The zero-order valence-corrected chi connectivity index (χ0v) is 14.2. The quantitative estimate of drug-likeness (QED) is 0.744. The van der Waals surface area contributed by atoms with Gasteiger partial charge in [-0.1, -0.05) is 12.2 Å². The minimum absolute atomic E-state index is 0.123. The average molecular weight is 324 g/mol. The second kappa shape index (κ2) is 5.91. The summed E-state index contributed by atoms with van der Waals surface area (Å²) in [6.45, 7) is 4.62. The van der Waals surface area contributed by atoms with Crippen LogP contribution in [0.1, 0.15) is 38.5 Å². The Morgan fingerprint density at radius 2 is 1.68 bits per heavy atom. The van der Waals surface area contributed by atoms with E-state index in [1.165, 1.54) is 19.4 Å². The van der Waals surface area contributed by atoms with Crippen LogP contribution in [0.25, 0.3) is 0 Å². The summed E-state index contributed by atoms with van der Waals surface area (Å²) >= 11 is 0. The molecule has 3 fully saturated rings. The fraction of sp³-hybridized carbons (Fsp3) is 0.882. The number of allylic oxidation sites excluding steroid dienone is 2. The first-order valence-corrected chi connectivity index (χ1v) is 10.5. The Morgan fingerprint density at radius 1 is 0.955 bits per heavy atom. The van der Waals surface area contributed by atoms with Crippen molar-refractivity contribution in [3.8, 4) is 0 Å². The third kappa shape index (κ3) is 2.76. The molecule has 2 aliphatic carbocycles. The molecule has 2 bridgehead atoms. The first kappa shape index (κ1) is 15.2. The van der Waals surface area contributed by atoms with E-state index in [1.807, 2.05) is 0 Å². The highest BCUT2D eigenvalue weighted by atomic mass is 32.2. The molecule has 5 heteroatoms.